The third-order valence-electron chi connectivity index (χ3n) is 4.26. The highest BCUT2D eigenvalue weighted by Crippen LogP contribution is 2.31. The van der Waals surface area contributed by atoms with E-state index in [9.17, 15) is 8.42 Å². The van der Waals surface area contributed by atoms with E-state index in [1.54, 1.807) is 0 Å². The second kappa shape index (κ2) is 8.56. The van der Waals surface area contributed by atoms with Gasteiger partial charge in [-0.25, -0.2) is 13.1 Å². The van der Waals surface area contributed by atoms with Crippen molar-refractivity contribution < 1.29 is 17.9 Å². The minimum atomic E-state index is -3.30. The highest BCUT2D eigenvalue weighted by atomic mass is 32.2. The van der Waals surface area contributed by atoms with E-state index < -0.39 is 10.0 Å². The number of ether oxygens (including phenoxy) is 2. The molecule has 6 heteroatoms. The number of rotatable bonds is 8. The Hall–Kier alpha value is -2.05. The van der Waals surface area contributed by atoms with Gasteiger partial charge in [-0.05, 0) is 49.4 Å². The molecule has 0 saturated heterocycles. The van der Waals surface area contributed by atoms with Crippen LogP contribution in [0.1, 0.15) is 29.5 Å². The van der Waals surface area contributed by atoms with E-state index in [2.05, 4.69) is 4.72 Å². The molecule has 0 unspecified atom stereocenters. The average Bonchev–Trinajstić information content (AvgIpc) is 2.61. The van der Waals surface area contributed by atoms with Crippen molar-refractivity contribution in [1.29, 1.82) is 0 Å². The Labute approximate surface area is 155 Å². The van der Waals surface area contributed by atoms with Crippen LogP contribution in [0.3, 0.4) is 0 Å². The van der Waals surface area contributed by atoms with Gasteiger partial charge in [-0.2, -0.15) is 0 Å². The summed E-state index contributed by atoms with van der Waals surface area (Å²) in [4.78, 5) is 0. The Kier molecular flexibility index (Phi) is 6.16. The van der Waals surface area contributed by atoms with E-state index in [0.29, 0.717) is 19.8 Å². The minimum absolute atomic E-state index is 0.0246. The number of benzene rings is 2. The van der Waals surface area contributed by atoms with Crippen molar-refractivity contribution in [1.82, 2.24) is 4.72 Å². The SMILES string of the molecule is Cc1cccc(CS(=O)(=O)NCCCCc2ccc3c(c2)OCCO3)c1. The van der Waals surface area contributed by atoms with Gasteiger partial charge in [0.05, 0.1) is 5.75 Å². The molecule has 1 aliphatic heterocycles. The quantitative estimate of drug-likeness (QED) is 0.720. The Balaban J connectivity index is 1.41. The van der Waals surface area contributed by atoms with E-state index in [1.807, 2.05) is 49.4 Å². The first-order valence-corrected chi connectivity index (χ1v) is 10.6. The minimum Gasteiger partial charge on any atom is -0.486 e. The van der Waals surface area contributed by atoms with Gasteiger partial charge in [-0.3, -0.25) is 0 Å². The molecule has 1 aliphatic rings. The van der Waals surface area contributed by atoms with Gasteiger partial charge in [0.25, 0.3) is 0 Å². The molecular formula is C20H25NO4S. The summed E-state index contributed by atoms with van der Waals surface area (Å²) in [5, 5.41) is 0. The monoisotopic (exact) mass is 375 g/mol. The summed E-state index contributed by atoms with van der Waals surface area (Å²) in [6.07, 6.45) is 2.59. The number of aryl methyl sites for hydroxylation is 2. The second-order valence-corrected chi connectivity index (χ2v) is 8.38. The molecule has 0 radical (unpaired) electrons. The molecule has 5 nitrogen and oxygen atoms in total. The van der Waals surface area contributed by atoms with Crippen LogP contribution in [0.5, 0.6) is 11.5 Å². The van der Waals surface area contributed by atoms with Crippen LogP contribution >= 0.6 is 0 Å². The van der Waals surface area contributed by atoms with E-state index in [-0.39, 0.29) is 5.75 Å². The first-order valence-electron chi connectivity index (χ1n) is 8.93. The Morgan fingerprint density at radius 3 is 2.58 bits per heavy atom. The molecule has 140 valence electrons. The summed E-state index contributed by atoms with van der Waals surface area (Å²) < 4.78 is 38.1. The fourth-order valence-corrected chi connectivity index (χ4v) is 4.17. The number of fused-ring (bicyclic) bond motifs is 1. The molecule has 0 spiro atoms. The maximum Gasteiger partial charge on any atom is 0.215 e. The normalized spacial score (nSPS) is 13.6. The number of hydrogen-bond acceptors (Lipinski definition) is 4. The van der Waals surface area contributed by atoms with Gasteiger partial charge in [0.15, 0.2) is 11.5 Å². The Bertz CT molecular complexity index is 849. The zero-order valence-corrected chi connectivity index (χ0v) is 15.8. The summed E-state index contributed by atoms with van der Waals surface area (Å²) in [6, 6.07) is 13.6. The van der Waals surface area contributed by atoms with Gasteiger partial charge < -0.3 is 9.47 Å². The highest BCUT2D eigenvalue weighted by molar-refractivity contribution is 7.88. The number of unbranched alkanes of at least 4 members (excludes halogenated alkanes) is 1. The summed E-state index contributed by atoms with van der Waals surface area (Å²) in [7, 11) is -3.30. The van der Waals surface area contributed by atoms with Crippen LogP contribution in [0.4, 0.5) is 0 Å². The van der Waals surface area contributed by atoms with Crippen molar-refractivity contribution in [3.63, 3.8) is 0 Å². The predicted molar refractivity (Wildman–Crippen MR) is 102 cm³/mol. The molecular weight excluding hydrogens is 350 g/mol. The van der Waals surface area contributed by atoms with E-state index in [4.69, 9.17) is 9.47 Å². The third kappa shape index (κ3) is 5.47. The molecule has 2 aromatic rings. The lowest BCUT2D eigenvalue weighted by Gasteiger charge is -2.18. The van der Waals surface area contributed by atoms with Crippen LogP contribution in [0, 0.1) is 6.92 Å². The Morgan fingerprint density at radius 2 is 1.77 bits per heavy atom. The van der Waals surface area contributed by atoms with E-state index >= 15 is 0 Å². The Morgan fingerprint density at radius 1 is 0.962 bits per heavy atom. The first-order chi connectivity index (χ1) is 12.5. The zero-order chi connectivity index (χ0) is 18.4. The molecule has 1 heterocycles. The van der Waals surface area contributed by atoms with Crippen LogP contribution in [-0.2, 0) is 22.2 Å². The molecule has 0 aliphatic carbocycles. The smallest absolute Gasteiger partial charge is 0.215 e. The topological polar surface area (TPSA) is 64.6 Å². The van der Waals surface area contributed by atoms with E-state index in [1.165, 1.54) is 5.56 Å². The fraction of sp³-hybridized carbons (Fsp3) is 0.400. The standard InChI is InChI=1S/C20H25NO4S/c1-16-5-4-7-18(13-16)15-26(22,23)21-10-3-2-6-17-8-9-19-20(14-17)25-12-11-24-19/h4-5,7-9,13-14,21H,2-3,6,10-12,15H2,1H3. The van der Waals surface area contributed by atoms with Crippen LogP contribution in [0.2, 0.25) is 0 Å². The van der Waals surface area contributed by atoms with Crippen LogP contribution in [0.15, 0.2) is 42.5 Å². The molecule has 0 atom stereocenters. The number of nitrogens with one attached hydrogen (secondary N) is 1. The van der Waals surface area contributed by atoms with Gasteiger partial charge in [0, 0.05) is 6.54 Å². The molecule has 1 N–H and O–H groups in total. The molecule has 0 fully saturated rings. The molecule has 3 rings (SSSR count). The lowest BCUT2D eigenvalue weighted by Crippen LogP contribution is -2.26. The zero-order valence-electron chi connectivity index (χ0n) is 15.0. The van der Waals surface area contributed by atoms with Crippen molar-refractivity contribution >= 4 is 10.0 Å². The van der Waals surface area contributed by atoms with Crippen molar-refractivity contribution in [2.45, 2.75) is 31.9 Å². The second-order valence-electron chi connectivity index (χ2n) is 6.58. The summed E-state index contributed by atoms with van der Waals surface area (Å²) >= 11 is 0. The fourth-order valence-electron chi connectivity index (χ4n) is 3.00. The van der Waals surface area contributed by atoms with E-state index in [0.717, 1.165) is 41.9 Å². The average molecular weight is 375 g/mol. The third-order valence-corrected chi connectivity index (χ3v) is 5.62. The molecule has 0 aromatic heterocycles. The molecule has 0 saturated carbocycles. The van der Waals surface area contributed by atoms with Crippen molar-refractivity contribution in [3.8, 4) is 11.5 Å². The number of sulfonamides is 1. The van der Waals surface area contributed by atoms with Gasteiger partial charge in [0.2, 0.25) is 10.0 Å². The van der Waals surface area contributed by atoms with Crippen LogP contribution in [-0.4, -0.2) is 28.2 Å². The molecule has 0 bridgehead atoms. The summed E-state index contributed by atoms with van der Waals surface area (Å²) in [6.45, 7) is 3.59. The van der Waals surface area contributed by atoms with Crippen molar-refractivity contribution in [2.24, 2.45) is 0 Å². The predicted octanol–water partition coefficient (Wildman–Crippen LogP) is 3.21. The molecule has 0 amide bonds. The number of hydrogen-bond donors (Lipinski definition) is 1. The largest absolute Gasteiger partial charge is 0.486 e. The van der Waals surface area contributed by atoms with Gasteiger partial charge in [-0.1, -0.05) is 35.9 Å². The van der Waals surface area contributed by atoms with Crippen molar-refractivity contribution in [3.05, 3.63) is 59.2 Å². The van der Waals surface area contributed by atoms with Gasteiger partial charge >= 0.3 is 0 Å². The highest BCUT2D eigenvalue weighted by Gasteiger charge is 2.12. The molecule has 2 aromatic carbocycles. The summed E-state index contributed by atoms with van der Waals surface area (Å²) in [5.74, 6) is 1.62. The van der Waals surface area contributed by atoms with Crippen LogP contribution in [0.25, 0.3) is 0 Å². The first kappa shape index (κ1) is 18.7. The molecule has 26 heavy (non-hydrogen) atoms. The lowest BCUT2D eigenvalue weighted by molar-refractivity contribution is 0.171. The van der Waals surface area contributed by atoms with Crippen molar-refractivity contribution in [2.75, 3.05) is 19.8 Å². The lowest BCUT2D eigenvalue weighted by atomic mass is 10.1. The van der Waals surface area contributed by atoms with Gasteiger partial charge in [0.1, 0.15) is 13.2 Å². The maximum absolute atomic E-state index is 12.2. The maximum atomic E-state index is 12.2. The summed E-state index contributed by atoms with van der Waals surface area (Å²) in [5.41, 5.74) is 3.06. The van der Waals surface area contributed by atoms with Gasteiger partial charge in [-0.15, -0.1) is 0 Å². The van der Waals surface area contributed by atoms with Crippen LogP contribution < -0.4 is 14.2 Å².